The highest BCUT2D eigenvalue weighted by molar-refractivity contribution is 6.23. The Morgan fingerprint density at radius 1 is 1.23 bits per heavy atom. The Hall–Kier alpha value is -2.33. The summed E-state index contributed by atoms with van der Waals surface area (Å²) in [6.07, 6.45) is -4.91. The monoisotopic (exact) mass is 319 g/mol. The van der Waals surface area contributed by atoms with E-state index in [-0.39, 0.29) is 5.69 Å². The standard InChI is InChI=1S/C12H12F3N3O4/c1-11(2)9(19)17(10(20)16-11)6-3-4-8(18(21)22)7(5-6)12(13,14)15/h3-5,21-22H,1-2H3,(H,16,20). The van der Waals surface area contributed by atoms with Crippen molar-refractivity contribution in [1.29, 1.82) is 0 Å². The molecule has 7 nitrogen and oxygen atoms in total. The second kappa shape index (κ2) is 4.85. The van der Waals surface area contributed by atoms with Crippen LogP contribution >= 0.6 is 0 Å². The first kappa shape index (κ1) is 16.0. The number of benzene rings is 1. The van der Waals surface area contributed by atoms with Gasteiger partial charge in [-0.1, -0.05) is 0 Å². The molecule has 0 aliphatic carbocycles. The number of nitrogens with one attached hydrogen (secondary N) is 1. The second-order valence-electron chi connectivity index (χ2n) is 5.18. The number of anilines is 2. The maximum Gasteiger partial charge on any atom is 0.418 e. The lowest BCUT2D eigenvalue weighted by Crippen LogP contribution is -2.40. The molecule has 3 N–H and O–H groups in total. The molecule has 0 unspecified atom stereocenters. The van der Waals surface area contributed by atoms with Gasteiger partial charge in [-0.3, -0.25) is 15.2 Å². The van der Waals surface area contributed by atoms with E-state index in [0.717, 1.165) is 12.1 Å². The van der Waals surface area contributed by atoms with Crippen LogP contribution in [0.2, 0.25) is 0 Å². The largest absolute Gasteiger partial charge is 0.418 e. The van der Waals surface area contributed by atoms with Gasteiger partial charge in [-0.05, 0) is 32.0 Å². The number of halogens is 3. The average Bonchev–Trinajstić information content (AvgIpc) is 2.56. The van der Waals surface area contributed by atoms with Crippen molar-refractivity contribution in [2.24, 2.45) is 0 Å². The Kier molecular flexibility index (Phi) is 3.54. The average molecular weight is 319 g/mol. The third kappa shape index (κ3) is 2.57. The fraction of sp³-hybridized carbons (Fsp3) is 0.333. The first-order valence-electron chi connectivity index (χ1n) is 6.01. The molecule has 1 aliphatic heterocycles. The topological polar surface area (TPSA) is 93.1 Å². The molecule has 0 bridgehead atoms. The van der Waals surface area contributed by atoms with E-state index in [1.54, 1.807) is 0 Å². The lowest BCUT2D eigenvalue weighted by Gasteiger charge is -2.20. The number of hydrogen-bond donors (Lipinski definition) is 3. The first-order valence-corrected chi connectivity index (χ1v) is 6.01. The van der Waals surface area contributed by atoms with Gasteiger partial charge in [-0.25, -0.2) is 9.69 Å². The van der Waals surface area contributed by atoms with Crippen molar-refractivity contribution in [3.8, 4) is 0 Å². The number of alkyl halides is 3. The van der Waals surface area contributed by atoms with Gasteiger partial charge in [-0.2, -0.15) is 13.2 Å². The van der Waals surface area contributed by atoms with E-state index < -0.39 is 40.1 Å². The summed E-state index contributed by atoms with van der Waals surface area (Å²) < 4.78 is 38.9. The van der Waals surface area contributed by atoms with Crippen LogP contribution in [0.15, 0.2) is 18.2 Å². The highest BCUT2D eigenvalue weighted by atomic mass is 19.4. The highest BCUT2D eigenvalue weighted by Gasteiger charge is 2.46. The van der Waals surface area contributed by atoms with Crippen LogP contribution in [0, 0.1) is 0 Å². The second-order valence-corrected chi connectivity index (χ2v) is 5.18. The van der Waals surface area contributed by atoms with Crippen molar-refractivity contribution >= 4 is 23.3 Å². The van der Waals surface area contributed by atoms with Crippen LogP contribution in [-0.2, 0) is 11.0 Å². The van der Waals surface area contributed by atoms with Crippen molar-refractivity contribution in [1.82, 2.24) is 5.32 Å². The Morgan fingerprint density at radius 2 is 1.82 bits per heavy atom. The third-order valence-electron chi connectivity index (χ3n) is 3.12. The number of nitrogens with zero attached hydrogens (tertiary/aromatic N) is 2. The van der Waals surface area contributed by atoms with Crippen LogP contribution in [-0.4, -0.2) is 27.9 Å². The van der Waals surface area contributed by atoms with E-state index in [2.05, 4.69) is 5.32 Å². The molecule has 3 amide bonds. The maximum atomic E-state index is 13.0. The third-order valence-corrected chi connectivity index (χ3v) is 3.12. The fourth-order valence-electron chi connectivity index (χ4n) is 2.05. The predicted molar refractivity (Wildman–Crippen MR) is 67.6 cm³/mol. The zero-order valence-electron chi connectivity index (χ0n) is 11.5. The lowest BCUT2D eigenvalue weighted by atomic mass is 10.1. The SMILES string of the molecule is CC1(C)NC(=O)N(c2ccc(N(O)O)c(C(F)(F)F)c2)C1=O. The number of amides is 3. The van der Waals surface area contributed by atoms with Gasteiger partial charge in [0.15, 0.2) is 0 Å². The van der Waals surface area contributed by atoms with E-state index in [1.165, 1.54) is 13.8 Å². The number of carbonyl (C=O) groups excluding carboxylic acids is 2. The molecule has 0 aromatic heterocycles. The molecule has 10 heteroatoms. The Balaban J connectivity index is 2.55. The highest BCUT2D eigenvalue weighted by Crippen LogP contribution is 2.39. The molecule has 0 radical (unpaired) electrons. The lowest BCUT2D eigenvalue weighted by molar-refractivity contribution is -0.138. The summed E-state index contributed by atoms with van der Waals surface area (Å²) in [6.45, 7) is 2.82. The van der Waals surface area contributed by atoms with Gasteiger partial charge in [0, 0.05) is 0 Å². The molecule has 1 aromatic carbocycles. The quantitative estimate of drug-likeness (QED) is 0.573. The molecule has 22 heavy (non-hydrogen) atoms. The minimum absolute atomic E-state index is 0.328. The summed E-state index contributed by atoms with van der Waals surface area (Å²) in [5.74, 6) is -0.719. The van der Waals surface area contributed by atoms with Gasteiger partial charge in [0.1, 0.15) is 11.2 Å². The number of carbonyl (C=O) groups is 2. The van der Waals surface area contributed by atoms with Crippen molar-refractivity contribution < 1.29 is 33.2 Å². The van der Waals surface area contributed by atoms with Crippen LogP contribution < -0.4 is 15.4 Å². The van der Waals surface area contributed by atoms with Crippen molar-refractivity contribution in [3.63, 3.8) is 0 Å². The van der Waals surface area contributed by atoms with Gasteiger partial charge in [0.25, 0.3) is 5.91 Å². The van der Waals surface area contributed by atoms with Crippen molar-refractivity contribution in [3.05, 3.63) is 23.8 Å². The molecular weight excluding hydrogens is 307 g/mol. The van der Waals surface area contributed by atoms with E-state index in [9.17, 15) is 22.8 Å². The van der Waals surface area contributed by atoms with Crippen LogP contribution in [0.3, 0.4) is 0 Å². The Labute approximate surface area is 122 Å². The fourth-order valence-corrected chi connectivity index (χ4v) is 2.05. The number of imide groups is 1. The molecule has 0 atom stereocenters. The molecule has 0 saturated carbocycles. The summed E-state index contributed by atoms with van der Waals surface area (Å²) in [7, 11) is 0. The summed E-state index contributed by atoms with van der Waals surface area (Å²) >= 11 is 0. The molecule has 2 rings (SSSR count). The minimum Gasteiger partial charge on any atom is -0.323 e. The summed E-state index contributed by atoms with van der Waals surface area (Å²) in [5.41, 5.74) is -3.90. The Morgan fingerprint density at radius 3 is 2.23 bits per heavy atom. The molecule has 1 heterocycles. The minimum atomic E-state index is -4.91. The Bertz CT molecular complexity index is 643. The first-order chi connectivity index (χ1) is 9.95. The smallest absolute Gasteiger partial charge is 0.323 e. The van der Waals surface area contributed by atoms with E-state index in [1.807, 2.05) is 0 Å². The van der Waals surface area contributed by atoms with E-state index in [0.29, 0.717) is 11.0 Å². The molecule has 1 fully saturated rings. The van der Waals surface area contributed by atoms with E-state index >= 15 is 0 Å². The van der Waals surface area contributed by atoms with Gasteiger partial charge in [0.05, 0.1) is 11.3 Å². The van der Waals surface area contributed by atoms with Crippen LogP contribution in [0.5, 0.6) is 0 Å². The van der Waals surface area contributed by atoms with Crippen molar-refractivity contribution in [2.75, 3.05) is 10.1 Å². The predicted octanol–water partition coefficient (Wildman–Crippen LogP) is 2.12. The molecule has 0 spiro atoms. The molecule has 120 valence electrons. The summed E-state index contributed by atoms with van der Waals surface area (Å²) in [4.78, 5) is 24.4. The maximum absolute atomic E-state index is 13.0. The van der Waals surface area contributed by atoms with Crippen LogP contribution in [0.25, 0.3) is 0 Å². The van der Waals surface area contributed by atoms with Crippen LogP contribution in [0.4, 0.5) is 29.3 Å². The number of urea groups is 1. The summed E-state index contributed by atoms with van der Waals surface area (Å²) in [5, 5.41) is 19.3. The normalized spacial score (nSPS) is 17.7. The molecule has 1 aromatic rings. The van der Waals surface area contributed by atoms with Gasteiger partial charge in [0.2, 0.25) is 0 Å². The molecular formula is C12H12F3N3O4. The summed E-state index contributed by atoms with van der Waals surface area (Å²) in [6, 6.07) is 1.38. The van der Waals surface area contributed by atoms with Gasteiger partial charge >= 0.3 is 12.2 Å². The van der Waals surface area contributed by atoms with Gasteiger partial charge in [-0.15, -0.1) is 5.23 Å². The van der Waals surface area contributed by atoms with E-state index in [4.69, 9.17) is 10.4 Å². The zero-order chi connectivity index (χ0) is 16.9. The van der Waals surface area contributed by atoms with Gasteiger partial charge < -0.3 is 5.32 Å². The zero-order valence-corrected chi connectivity index (χ0v) is 11.5. The van der Waals surface area contributed by atoms with Crippen LogP contribution in [0.1, 0.15) is 19.4 Å². The molecule has 1 saturated heterocycles. The molecule has 1 aliphatic rings. The number of rotatable bonds is 2. The number of hydrogen-bond acceptors (Lipinski definition) is 5. The van der Waals surface area contributed by atoms with Crippen molar-refractivity contribution in [2.45, 2.75) is 25.6 Å².